The summed E-state index contributed by atoms with van der Waals surface area (Å²) in [6.45, 7) is 4.28. The van der Waals surface area contributed by atoms with E-state index in [0.29, 0.717) is 23.6 Å². The molecule has 20 heavy (non-hydrogen) atoms. The van der Waals surface area contributed by atoms with Gasteiger partial charge in [0, 0.05) is 19.3 Å². The lowest BCUT2D eigenvalue weighted by molar-refractivity contribution is -0.137. The quantitative estimate of drug-likeness (QED) is 0.899. The molecule has 0 aliphatic heterocycles. The highest BCUT2D eigenvalue weighted by Gasteiger charge is 2.21. The number of imidazole rings is 1. The molecule has 0 bridgehead atoms. The molecule has 1 N–H and O–H groups in total. The van der Waals surface area contributed by atoms with Gasteiger partial charge in [0.15, 0.2) is 0 Å². The number of aryl methyl sites for hydroxylation is 1. The molecule has 0 aliphatic rings. The molecule has 0 radical (unpaired) electrons. The van der Waals surface area contributed by atoms with Crippen molar-refractivity contribution in [2.24, 2.45) is 0 Å². The van der Waals surface area contributed by atoms with Gasteiger partial charge in [-0.15, -0.1) is 0 Å². The van der Waals surface area contributed by atoms with Gasteiger partial charge in [-0.1, -0.05) is 6.07 Å². The van der Waals surface area contributed by atoms with E-state index in [1.165, 1.54) is 4.90 Å². The number of amides is 1. The Bertz CT molecular complexity index is 648. The summed E-state index contributed by atoms with van der Waals surface area (Å²) >= 11 is 0. The highest BCUT2D eigenvalue weighted by molar-refractivity contribution is 5.94. The lowest BCUT2D eigenvalue weighted by Crippen LogP contribution is -2.34. The Labute approximate surface area is 116 Å². The normalized spacial score (nSPS) is 10.7. The first-order valence-corrected chi connectivity index (χ1v) is 6.49. The Hall–Kier alpha value is -2.37. The van der Waals surface area contributed by atoms with Gasteiger partial charge in [0.25, 0.3) is 5.91 Å². The molecule has 2 aromatic rings. The maximum Gasteiger partial charge on any atom is 0.305 e. The van der Waals surface area contributed by atoms with E-state index in [-0.39, 0.29) is 18.9 Å². The van der Waals surface area contributed by atoms with Crippen molar-refractivity contribution in [2.45, 2.75) is 20.3 Å². The fourth-order valence-electron chi connectivity index (χ4n) is 2.15. The second kappa shape index (κ2) is 5.73. The molecule has 6 nitrogen and oxygen atoms in total. The van der Waals surface area contributed by atoms with Gasteiger partial charge in [0.05, 0.1) is 12.1 Å². The van der Waals surface area contributed by atoms with Crippen molar-refractivity contribution in [1.82, 2.24) is 14.3 Å². The molecule has 2 aromatic heterocycles. The maximum atomic E-state index is 12.6. The number of hydrogen-bond donors (Lipinski definition) is 1. The van der Waals surface area contributed by atoms with Crippen LogP contribution in [0.25, 0.3) is 5.65 Å². The minimum Gasteiger partial charge on any atom is -0.481 e. The number of carbonyl (C=O) groups excluding carboxylic acids is 1. The first kappa shape index (κ1) is 14.0. The van der Waals surface area contributed by atoms with Crippen LogP contribution in [0.1, 0.15) is 29.5 Å². The number of nitrogens with zero attached hydrogens (tertiary/aromatic N) is 3. The number of carbonyl (C=O) groups is 2. The highest BCUT2D eigenvalue weighted by Crippen LogP contribution is 2.14. The smallest absolute Gasteiger partial charge is 0.305 e. The van der Waals surface area contributed by atoms with Crippen molar-refractivity contribution in [3.05, 3.63) is 35.8 Å². The minimum atomic E-state index is -0.911. The lowest BCUT2D eigenvalue weighted by atomic mass is 10.2. The molecule has 106 valence electrons. The molecule has 0 fully saturated rings. The molecule has 0 aliphatic carbocycles. The molecular weight excluding hydrogens is 258 g/mol. The van der Waals surface area contributed by atoms with Gasteiger partial charge < -0.3 is 10.0 Å². The number of pyridine rings is 1. The average Bonchev–Trinajstić information content (AvgIpc) is 2.74. The van der Waals surface area contributed by atoms with Crippen LogP contribution in [0.15, 0.2) is 24.4 Å². The zero-order valence-corrected chi connectivity index (χ0v) is 11.5. The van der Waals surface area contributed by atoms with E-state index in [1.54, 1.807) is 17.5 Å². The molecule has 2 rings (SSSR count). The largest absolute Gasteiger partial charge is 0.481 e. The molecule has 0 aromatic carbocycles. The van der Waals surface area contributed by atoms with E-state index in [4.69, 9.17) is 5.11 Å². The van der Waals surface area contributed by atoms with Crippen LogP contribution in [0.5, 0.6) is 0 Å². The van der Waals surface area contributed by atoms with Crippen molar-refractivity contribution < 1.29 is 14.7 Å². The van der Waals surface area contributed by atoms with E-state index in [9.17, 15) is 9.59 Å². The lowest BCUT2D eigenvalue weighted by Gasteiger charge is -2.20. The Morgan fingerprint density at radius 2 is 2.15 bits per heavy atom. The van der Waals surface area contributed by atoms with E-state index >= 15 is 0 Å². The maximum absolute atomic E-state index is 12.6. The monoisotopic (exact) mass is 275 g/mol. The summed E-state index contributed by atoms with van der Waals surface area (Å²) in [5.74, 6) is -1.10. The summed E-state index contributed by atoms with van der Waals surface area (Å²) in [5, 5.41) is 8.74. The summed E-state index contributed by atoms with van der Waals surface area (Å²) in [7, 11) is 0. The third kappa shape index (κ3) is 2.64. The van der Waals surface area contributed by atoms with Crippen LogP contribution < -0.4 is 0 Å². The van der Waals surface area contributed by atoms with Gasteiger partial charge in [-0.3, -0.25) is 14.0 Å². The third-order valence-electron chi connectivity index (χ3n) is 3.17. The molecular formula is C14H17N3O3. The summed E-state index contributed by atoms with van der Waals surface area (Å²) in [6.07, 6.45) is 1.73. The molecule has 0 saturated heterocycles. The standard InChI is InChI=1S/C14H17N3O3/c1-3-16(9-7-12(18)19)14(20)13-10(2)15-11-6-4-5-8-17(11)13/h4-6,8H,3,7,9H2,1-2H3,(H,18,19). The van der Waals surface area contributed by atoms with Crippen LogP contribution in [0.4, 0.5) is 0 Å². The van der Waals surface area contributed by atoms with E-state index < -0.39 is 5.97 Å². The van der Waals surface area contributed by atoms with Gasteiger partial charge in [0.2, 0.25) is 0 Å². The number of carboxylic acid groups (broad SMARTS) is 1. The Balaban J connectivity index is 2.34. The van der Waals surface area contributed by atoms with Crippen LogP contribution in [-0.4, -0.2) is 44.4 Å². The fraction of sp³-hybridized carbons (Fsp3) is 0.357. The third-order valence-corrected chi connectivity index (χ3v) is 3.17. The zero-order valence-electron chi connectivity index (χ0n) is 11.5. The first-order valence-electron chi connectivity index (χ1n) is 6.49. The average molecular weight is 275 g/mol. The number of aromatic nitrogens is 2. The van der Waals surface area contributed by atoms with Crippen LogP contribution in [0, 0.1) is 6.92 Å². The van der Waals surface area contributed by atoms with Gasteiger partial charge in [0.1, 0.15) is 11.3 Å². The molecule has 1 amide bonds. The van der Waals surface area contributed by atoms with Crippen LogP contribution >= 0.6 is 0 Å². The van der Waals surface area contributed by atoms with Crippen molar-refractivity contribution in [2.75, 3.05) is 13.1 Å². The summed E-state index contributed by atoms with van der Waals surface area (Å²) in [5.41, 5.74) is 1.85. The number of hydrogen-bond acceptors (Lipinski definition) is 3. The van der Waals surface area contributed by atoms with Gasteiger partial charge >= 0.3 is 5.97 Å². The van der Waals surface area contributed by atoms with Crippen molar-refractivity contribution in [3.63, 3.8) is 0 Å². The van der Waals surface area contributed by atoms with Crippen molar-refractivity contribution in [1.29, 1.82) is 0 Å². The number of aliphatic carboxylic acids is 1. The Morgan fingerprint density at radius 1 is 1.40 bits per heavy atom. The van der Waals surface area contributed by atoms with Crippen molar-refractivity contribution >= 4 is 17.5 Å². The minimum absolute atomic E-state index is 0.0602. The van der Waals surface area contributed by atoms with Crippen LogP contribution in [-0.2, 0) is 4.79 Å². The molecule has 0 saturated carbocycles. The summed E-state index contributed by atoms with van der Waals surface area (Å²) < 4.78 is 1.74. The van der Waals surface area contributed by atoms with Gasteiger partial charge in [-0.2, -0.15) is 0 Å². The fourth-order valence-corrected chi connectivity index (χ4v) is 2.15. The SMILES string of the molecule is CCN(CCC(=O)O)C(=O)c1c(C)nc2ccccn12. The van der Waals surface area contributed by atoms with E-state index in [2.05, 4.69) is 4.98 Å². The molecule has 2 heterocycles. The number of rotatable bonds is 5. The first-order chi connectivity index (χ1) is 9.54. The van der Waals surface area contributed by atoms with Crippen molar-refractivity contribution in [3.8, 4) is 0 Å². The van der Waals surface area contributed by atoms with Gasteiger partial charge in [-0.05, 0) is 26.0 Å². The van der Waals surface area contributed by atoms with Gasteiger partial charge in [-0.25, -0.2) is 4.98 Å². The molecule has 6 heteroatoms. The van der Waals surface area contributed by atoms with Crippen LogP contribution in [0.2, 0.25) is 0 Å². The molecule has 0 spiro atoms. The second-order valence-electron chi connectivity index (χ2n) is 4.50. The summed E-state index contributed by atoms with van der Waals surface area (Å²) in [4.78, 5) is 29.1. The molecule has 0 unspecified atom stereocenters. The highest BCUT2D eigenvalue weighted by atomic mass is 16.4. The number of carboxylic acids is 1. The van der Waals surface area contributed by atoms with E-state index in [1.807, 2.05) is 25.1 Å². The predicted molar refractivity (Wildman–Crippen MR) is 73.8 cm³/mol. The second-order valence-corrected chi connectivity index (χ2v) is 4.50. The topological polar surface area (TPSA) is 74.9 Å². The summed E-state index contributed by atoms with van der Waals surface area (Å²) in [6, 6.07) is 5.52. The number of fused-ring (bicyclic) bond motifs is 1. The molecule has 0 atom stereocenters. The Morgan fingerprint density at radius 3 is 2.80 bits per heavy atom. The Kier molecular flexibility index (Phi) is 4.02. The van der Waals surface area contributed by atoms with E-state index in [0.717, 1.165) is 0 Å². The zero-order chi connectivity index (χ0) is 14.7. The van der Waals surface area contributed by atoms with Crippen LogP contribution in [0.3, 0.4) is 0 Å². The predicted octanol–water partition coefficient (Wildman–Crippen LogP) is 1.58.